The molecule has 0 unspecified atom stereocenters. The zero-order chi connectivity index (χ0) is 14.9. The maximum absolute atomic E-state index is 2.34. The van der Waals surface area contributed by atoms with Crippen molar-refractivity contribution in [3.63, 3.8) is 0 Å². The average Bonchev–Trinajstić information content (AvgIpc) is 2.83. The Hall–Kier alpha value is -0.540. The van der Waals surface area contributed by atoms with Gasteiger partial charge in [0.05, 0.1) is 0 Å². The number of thioether (sulfide) groups is 1. The minimum atomic E-state index is 1.26. The monoisotopic (exact) mass is 322 g/mol. The Morgan fingerprint density at radius 3 is 2.33 bits per heavy atom. The first-order valence-corrected chi connectivity index (χ1v) is 10.1. The number of unbranched alkanes of at least 4 members (excludes halogenated alkanes) is 7. The van der Waals surface area contributed by atoms with E-state index in [2.05, 4.69) is 42.8 Å². The summed E-state index contributed by atoms with van der Waals surface area (Å²) in [6, 6.07) is 8.69. The smallest absolute Gasteiger partial charge is 0.179 e. The number of nitrogens with zero attached hydrogens (tertiary/aromatic N) is 1. The first kappa shape index (κ1) is 16.8. The number of para-hydroxylation sites is 1. The molecule has 116 valence electrons. The van der Waals surface area contributed by atoms with Crippen LogP contribution in [0.1, 0.15) is 58.3 Å². The van der Waals surface area contributed by atoms with E-state index >= 15 is 0 Å². The predicted octanol–water partition coefficient (Wildman–Crippen LogP) is 5.96. The molecule has 0 N–H and O–H groups in total. The summed E-state index contributed by atoms with van der Waals surface area (Å²) in [5.74, 6) is 1.26. The molecule has 0 saturated carbocycles. The number of rotatable bonds is 10. The third kappa shape index (κ3) is 5.30. The van der Waals surface area contributed by atoms with Crippen LogP contribution in [0.25, 0.3) is 10.2 Å². The van der Waals surface area contributed by atoms with Crippen LogP contribution in [0.5, 0.6) is 0 Å². The Balaban J connectivity index is 1.63. The highest BCUT2D eigenvalue weighted by molar-refractivity contribution is 8.00. The summed E-state index contributed by atoms with van der Waals surface area (Å²) in [6.07, 6.45) is 11.2. The van der Waals surface area contributed by atoms with Crippen LogP contribution < -0.4 is 4.57 Å². The van der Waals surface area contributed by atoms with Crippen molar-refractivity contribution < 1.29 is 4.57 Å². The Bertz CT molecular complexity index is 533. The molecule has 3 heteroatoms. The summed E-state index contributed by atoms with van der Waals surface area (Å²) in [4.78, 5) is 0. The summed E-state index contributed by atoms with van der Waals surface area (Å²) in [7, 11) is 2.19. The molecular formula is C18H28NS2+. The second-order valence-electron chi connectivity index (χ2n) is 5.72. The quantitative estimate of drug-likeness (QED) is 0.296. The second-order valence-corrected chi connectivity index (χ2v) is 8.09. The van der Waals surface area contributed by atoms with Gasteiger partial charge in [0.15, 0.2) is 0 Å². The van der Waals surface area contributed by atoms with Crippen molar-refractivity contribution in [3.8, 4) is 0 Å². The number of fused-ring (bicyclic) bond motifs is 1. The molecule has 0 fully saturated rings. The van der Waals surface area contributed by atoms with Crippen molar-refractivity contribution in [3.05, 3.63) is 24.3 Å². The molecule has 21 heavy (non-hydrogen) atoms. The van der Waals surface area contributed by atoms with Crippen molar-refractivity contribution in [1.82, 2.24) is 0 Å². The molecule has 0 spiro atoms. The Labute approximate surface area is 137 Å². The van der Waals surface area contributed by atoms with Gasteiger partial charge >= 0.3 is 0 Å². The molecule has 0 aliphatic carbocycles. The van der Waals surface area contributed by atoms with Gasteiger partial charge < -0.3 is 0 Å². The summed E-state index contributed by atoms with van der Waals surface area (Å²) < 4.78 is 5.19. The highest BCUT2D eigenvalue weighted by Crippen LogP contribution is 2.28. The molecule has 1 aromatic carbocycles. The lowest BCUT2D eigenvalue weighted by Gasteiger charge is -2.00. The summed E-state index contributed by atoms with van der Waals surface area (Å²) in [6.45, 7) is 2.28. The number of benzene rings is 1. The molecule has 0 aliphatic heterocycles. The van der Waals surface area contributed by atoms with Crippen molar-refractivity contribution in [2.75, 3.05) is 5.75 Å². The third-order valence-electron chi connectivity index (χ3n) is 3.92. The topological polar surface area (TPSA) is 3.88 Å². The van der Waals surface area contributed by atoms with Crippen LogP contribution in [-0.4, -0.2) is 5.75 Å². The largest absolute Gasteiger partial charge is 0.298 e. The zero-order valence-electron chi connectivity index (χ0n) is 13.4. The highest BCUT2D eigenvalue weighted by Gasteiger charge is 2.16. The fraction of sp³-hybridized carbons (Fsp3) is 0.611. The number of hydrogen-bond donors (Lipinski definition) is 0. The van der Waals surface area contributed by atoms with Crippen LogP contribution in [0.3, 0.4) is 0 Å². The molecule has 1 aromatic heterocycles. The number of aryl methyl sites for hydroxylation is 1. The minimum Gasteiger partial charge on any atom is -0.179 e. The third-order valence-corrected chi connectivity index (χ3v) is 6.55. The van der Waals surface area contributed by atoms with Crippen LogP contribution >= 0.6 is 23.1 Å². The van der Waals surface area contributed by atoms with E-state index in [-0.39, 0.29) is 0 Å². The van der Waals surface area contributed by atoms with Gasteiger partial charge in [0.25, 0.3) is 4.34 Å². The minimum absolute atomic E-state index is 1.26. The standard InChI is InChI=1S/C18H28NS2/c1-3-4-5-6-7-8-9-12-15-20-18-19(2)16-13-10-11-14-17(16)21-18/h10-11,13-14H,3-9,12,15H2,1-2H3/q+1. The fourth-order valence-electron chi connectivity index (χ4n) is 2.60. The normalized spacial score (nSPS) is 11.3. The second kappa shape index (κ2) is 9.47. The van der Waals surface area contributed by atoms with E-state index in [9.17, 15) is 0 Å². The van der Waals surface area contributed by atoms with Gasteiger partial charge in [-0.05, 0) is 24.2 Å². The molecule has 0 saturated heterocycles. The van der Waals surface area contributed by atoms with Crippen LogP contribution in [-0.2, 0) is 7.05 Å². The van der Waals surface area contributed by atoms with E-state index in [1.54, 1.807) is 0 Å². The maximum Gasteiger partial charge on any atom is 0.298 e. The van der Waals surface area contributed by atoms with Gasteiger partial charge in [0.2, 0.25) is 5.52 Å². The van der Waals surface area contributed by atoms with Gasteiger partial charge in [-0.25, -0.2) is 0 Å². The molecule has 1 nitrogen and oxygen atoms in total. The highest BCUT2D eigenvalue weighted by atomic mass is 32.2. The van der Waals surface area contributed by atoms with E-state index in [0.29, 0.717) is 0 Å². The van der Waals surface area contributed by atoms with Gasteiger partial charge in [-0.1, -0.05) is 75.3 Å². The molecule has 0 amide bonds. The predicted molar refractivity (Wildman–Crippen MR) is 96.3 cm³/mol. The summed E-state index contributed by atoms with van der Waals surface area (Å²) in [5, 5.41) is 0. The van der Waals surface area contributed by atoms with Crippen molar-refractivity contribution in [2.45, 2.75) is 62.6 Å². The fourth-order valence-corrected chi connectivity index (χ4v) is 5.05. The van der Waals surface area contributed by atoms with E-state index < -0.39 is 0 Å². The van der Waals surface area contributed by atoms with Crippen LogP contribution in [0.2, 0.25) is 0 Å². The number of hydrogen-bond acceptors (Lipinski definition) is 2. The molecule has 0 radical (unpaired) electrons. The van der Waals surface area contributed by atoms with E-state index in [1.165, 1.54) is 71.7 Å². The van der Waals surface area contributed by atoms with Crippen LogP contribution in [0.15, 0.2) is 28.6 Å². The maximum atomic E-state index is 2.34. The van der Waals surface area contributed by atoms with Gasteiger partial charge in [-0.15, -0.1) is 0 Å². The van der Waals surface area contributed by atoms with Crippen molar-refractivity contribution in [2.24, 2.45) is 7.05 Å². The first-order valence-electron chi connectivity index (χ1n) is 8.33. The molecule has 0 atom stereocenters. The van der Waals surface area contributed by atoms with E-state index in [4.69, 9.17) is 0 Å². The van der Waals surface area contributed by atoms with Gasteiger partial charge in [-0.3, -0.25) is 0 Å². The van der Waals surface area contributed by atoms with E-state index in [1.807, 2.05) is 23.1 Å². The average molecular weight is 323 g/mol. The molecule has 1 heterocycles. The van der Waals surface area contributed by atoms with Crippen LogP contribution in [0.4, 0.5) is 0 Å². The Morgan fingerprint density at radius 1 is 0.952 bits per heavy atom. The van der Waals surface area contributed by atoms with E-state index in [0.717, 1.165) is 0 Å². The lowest BCUT2D eigenvalue weighted by Crippen LogP contribution is -2.28. The van der Waals surface area contributed by atoms with Crippen molar-refractivity contribution in [1.29, 1.82) is 0 Å². The molecular weight excluding hydrogens is 294 g/mol. The van der Waals surface area contributed by atoms with Gasteiger partial charge in [0, 0.05) is 11.8 Å². The first-order chi connectivity index (χ1) is 10.3. The molecule has 0 aliphatic rings. The zero-order valence-corrected chi connectivity index (χ0v) is 15.1. The van der Waals surface area contributed by atoms with Gasteiger partial charge in [0.1, 0.15) is 11.7 Å². The lowest BCUT2D eigenvalue weighted by atomic mass is 10.1. The molecule has 2 aromatic rings. The number of thiazole rings is 1. The van der Waals surface area contributed by atoms with Crippen LogP contribution in [0, 0.1) is 0 Å². The Morgan fingerprint density at radius 2 is 1.62 bits per heavy atom. The lowest BCUT2D eigenvalue weighted by molar-refractivity contribution is -0.676. The summed E-state index contributed by atoms with van der Waals surface area (Å²) >= 11 is 3.95. The van der Waals surface area contributed by atoms with Gasteiger partial charge in [-0.2, -0.15) is 4.57 Å². The SMILES string of the molecule is CCCCCCCCCCSc1sc2ccccc2[n+]1C. The van der Waals surface area contributed by atoms with Crippen molar-refractivity contribution >= 4 is 33.3 Å². The molecule has 0 bridgehead atoms. The Kier molecular flexibility index (Phi) is 7.59. The molecule has 2 rings (SSSR count). The number of aromatic nitrogens is 1. The summed E-state index contributed by atoms with van der Waals surface area (Å²) in [5.41, 5.74) is 1.36.